The van der Waals surface area contributed by atoms with Crippen molar-refractivity contribution >= 4 is 24.7 Å². The summed E-state index contributed by atoms with van der Waals surface area (Å²) in [7, 11) is -4.15. The highest BCUT2D eigenvalue weighted by molar-refractivity contribution is 7.51. The lowest BCUT2D eigenvalue weighted by Gasteiger charge is -2.16. The number of H-pyrrole nitrogens is 1. The summed E-state index contributed by atoms with van der Waals surface area (Å²) in [6.45, 7) is -0.498. The van der Waals surface area contributed by atoms with E-state index in [0.29, 0.717) is 0 Å². The van der Waals surface area contributed by atoms with Crippen molar-refractivity contribution in [1.82, 2.24) is 25.7 Å². The maximum Gasteiger partial charge on any atom is 0.325 e. The summed E-state index contributed by atoms with van der Waals surface area (Å²) in [6, 6.07) is 0. The molecule has 1 atom stereocenters. The third kappa shape index (κ3) is 5.10. The average Bonchev–Trinajstić information content (AvgIpc) is 2.81. The lowest BCUT2D eigenvalue weighted by Crippen LogP contribution is -2.21. The number of imidazole rings is 1. The van der Waals surface area contributed by atoms with Gasteiger partial charge in [0.2, 0.25) is 5.95 Å². The molecule has 0 aliphatic heterocycles. The van der Waals surface area contributed by atoms with Crippen LogP contribution in [0.4, 0.5) is 5.95 Å². The molecule has 0 saturated heterocycles. The maximum absolute atomic E-state index is 11.6. The molecule has 0 aliphatic carbocycles. The highest BCUT2D eigenvalue weighted by Crippen LogP contribution is 2.35. The predicted molar refractivity (Wildman–Crippen MR) is 81.1 cm³/mol. The van der Waals surface area contributed by atoms with E-state index in [1.54, 1.807) is 0 Å². The van der Waals surface area contributed by atoms with Gasteiger partial charge in [-0.15, -0.1) is 0 Å². The molecule has 130 valence electrons. The average molecular weight is 350 g/mol. The fraction of sp³-hybridized carbons (Fsp3) is 0.500. The first-order chi connectivity index (χ1) is 10.3. The fourth-order valence-electron chi connectivity index (χ4n) is 1.79. The molecular formula is C10H19N6O6P. The lowest BCUT2D eigenvalue weighted by molar-refractivity contribution is -0.0239. The molecule has 2 aromatic rings. The quantitative estimate of drug-likeness (QED) is 0.327. The number of ether oxygens (including phenoxy) is 1. The largest absolute Gasteiger partial charge is 0.394 e. The van der Waals surface area contributed by atoms with Crippen molar-refractivity contribution < 1.29 is 24.2 Å². The Kier molecular flexibility index (Phi) is 6.38. The van der Waals surface area contributed by atoms with Gasteiger partial charge in [-0.05, 0) is 6.42 Å². The van der Waals surface area contributed by atoms with Crippen LogP contribution < -0.4 is 17.4 Å². The van der Waals surface area contributed by atoms with Gasteiger partial charge in [0.05, 0.1) is 25.2 Å². The van der Waals surface area contributed by atoms with Crippen LogP contribution in [0.25, 0.3) is 11.2 Å². The second-order valence-corrected chi connectivity index (χ2v) is 6.39. The zero-order valence-electron chi connectivity index (χ0n) is 12.1. The van der Waals surface area contributed by atoms with Crippen molar-refractivity contribution in [2.75, 3.05) is 18.5 Å². The van der Waals surface area contributed by atoms with Crippen LogP contribution in [-0.2, 0) is 16.0 Å². The summed E-state index contributed by atoms with van der Waals surface area (Å²) >= 11 is 0. The Morgan fingerprint density at radius 3 is 2.78 bits per heavy atom. The minimum atomic E-state index is -4.15. The number of aliphatic hydroxyl groups is 1. The lowest BCUT2D eigenvalue weighted by atomic mass is 10.3. The van der Waals surface area contributed by atoms with Crippen LogP contribution in [0.15, 0.2) is 11.1 Å². The molecule has 23 heavy (non-hydrogen) atoms. The first-order valence-corrected chi connectivity index (χ1v) is 8.07. The number of aromatic amines is 1. The topological polar surface area (TPSA) is 212 Å². The van der Waals surface area contributed by atoms with Crippen LogP contribution in [-0.4, -0.2) is 53.3 Å². The zero-order chi connectivity index (χ0) is 16.3. The Morgan fingerprint density at radius 1 is 1.48 bits per heavy atom. The van der Waals surface area contributed by atoms with Gasteiger partial charge in [-0.3, -0.25) is 18.9 Å². The molecule has 0 aliphatic rings. The van der Waals surface area contributed by atoms with Gasteiger partial charge >= 0.3 is 7.60 Å². The number of hydrogen-bond acceptors (Lipinski definition) is 8. The second kappa shape index (κ2) is 7.64. The highest BCUT2D eigenvalue weighted by Gasteiger charge is 2.18. The van der Waals surface area contributed by atoms with Gasteiger partial charge in [-0.2, -0.15) is 4.98 Å². The molecule has 0 saturated carbocycles. The van der Waals surface area contributed by atoms with Gasteiger partial charge in [0, 0.05) is 0 Å². The standard InChI is InChI=1S/C10H16N5O6P.H3N/c11-10-13-8-7(9(17)14-10)12-4-15(8)5-21-6(3-16)1-2-22(18,19)20;/h4,6,16H,1-3,5H2,(H2,18,19,20)(H3,11,13,14,17);1H3/t6-;/m1./s1. The number of anilines is 1. The Labute approximate surface area is 130 Å². The normalized spacial score (nSPS) is 13.0. The van der Waals surface area contributed by atoms with Crippen molar-refractivity contribution in [1.29, 1.82) is 0 Å². The van der Waals surface area contributed by atoms with Crippen LogP contribution in [0.5, 0.6) is 0 Å². The molecule has 0 spiro atoms. The minimum Gasteiger partial charge on any atom is -0.394 e. The maximum atomic E-state index is 11.6. The number of nitrogen functional groups attached to an aromatic ring is 1. The first-order valence-electron chi connectivity index (χ1n) is 6.28. The van der Waals surface area contributed by atoms with E-state index in [4.69, 9.17) is 25.4 Å². The third-order valence-electron chi connectivity index (χ3n) is 2.89. The molecule has 2 rings (SSSR count). The van der Waals surface area contributed by atoms with E-state index in [-0.39, 0.29) is 36.4 Å². The SMILES string of the molecule is N.Nc1nc2c(ncn2CO[C@@H](CO)CCP(=O)(O)O)c(=O)[nH]1. The van der Waals surface area contributed by atoms with Crippen LogP contribution in [0.2, 0.25) is 0 Å². The summed E-state index contributed by atoms with van der Waals surface area (Å²) in [4.78, 5) is 39.4. The summed E-state index contributed by atoms with van der Waals surface area (Å²) in [6.07, 6.45) is 0.158. The summed E-state index contributed by atoms with van der Waals surface area (Å²) in [5, 5.41) is 9.16. The Balaban J connectivity index is 0.00000264. The predicted octanol–water partition coefficient (Wildman–Crippen LogP) is -1.23. The van der Waals surface area contributed by atoms with Gasteiger partial charge in [0.25, 0.3) is 5.56 Å². The number of fused-ring (bicyclic) bond motifs is 1. The number of rotatable bonds is 7. The number of aromatic nitrogens is 4. The Bertz CT molecular complexity index is 754. The molecule has 9 N–H and O–H groups in total. The van der Waals surface area contributed by atoms with Gasteiger partial charge in [0.15, 0.2) is 11.2 Å². The van der Waals surface area contributed by atoms with Gasteiger partial charge in [0.1, 0.15) is 6.73 Å². The molecule has 0 amide bonds. The summed E-state index contributed by atoms with van der Waals surface area (Å²) in [5.41, 5.74) is 5.28. The van der Waals surface area contributed by atoms with Gasteiger partial charge in [-0.25, -0.2) is 4.98 Å². The number of hydrogen-bond donors (Lipinski definition) is 6. The smallest absolute Gasteiger partial charge is 0.325 e. The van der Waals surface area contributed by atoms with Crippen molar-refractivity contribution in [3.8, 4) is 0 Å². The van der Waals surface area contributed by atoms with Crippen molar-refractivity contribution in [3.05, 3.63) is 16.7 Å². The van der Waals surface area contributed by atoms with E-state index in [2.05, 4.69) is 15.0 Å². The van der Waals surface area contributed by atoms with E-state index < -0.39 is 32.0 Å². The molecule has 13 heteroatoms. The van der Waals surface area contributed by atoms with E-state index in [1.165, 1.54) is 10.9 Å². The fourth-order valence-corrected chi connectivity index (χ4v) is 2.41. The van der Waals surface area contributed by atoms with Gasteiger partial charge < -0.3 is 31.5 Å². The summed E-state index contributed by atoms with van der Waals surface area (Å²) < 4.78 is 17.6. The number of nitrogens with zero attached hydrogens (tertiary/aromatic N) is 3. The zero-order valence-corrected chi connectivity index (χ0v) is 13.0. The number of aliphatic hydroxyl groups excluding tert-OH is 1. The van der Waals surface area contributed by atoms with Crippen LogP contribution >= 0.6 is 7.60 Å². The van der Waals surface area contributed by atoms with E-state index >= 15 is 0 Å². The molecule has 0 fully saturated rings. The number of nitrogens with one attached hydrogen (secondary N) is 1. The Hall–Kier alpha value is -1.82. The molecule has 0 unspecified atom stereocenters. The monoisotopic (exact) mass is 350 g/mol. The second-order valence-electron chi connectivity index (χ2n) is 4.62. The first kappa shape index (κ1) is 19.2. The van der Waals surface area contributed by atoms with Crippen molar-refractivity contribution in [2.24, 2.45) is 0 Å². The minimum absolute atomic E-state index is 0. The Morgan fingerprint density at radius 2 is 2.17 bits per heavy atom. The molecular weight excluding hydrogens is 331 g/mol. The van der Waals surface area contributed by atoms with Crippen molar-refractivity contribution in [3.63, 3.8) is 0 Å². The molecule has 12 nitrogen and oxygen atoms in total. The molecule has 0 radical (unpaired) electrons. The molecule has 2 heterocycles. The molecule has 0 bridgehead atoms. The van der Waals surface area contributed by atoms with Gasteiger partial charge in [-0.1, -0.05) is 0 Å². The highest BCUT2D eigenvalue weighted by atomic mass is 31.2. The molecule has 0 aromatic carbocycles. The van der Waals surface area contributed by atoms with E-state index in [0.717, 1.165) is 0 Å². The van der Waals surface area contributed by atoms with Crippen LogP contribution in [0, 0.1) is 0 Å². The third-order valence-corrected chi connectivity index (χ3v) is 3.73. The van der Waals surface area contributed by atoms with Crippen molar-refractivity contribution in [2.45, 2.75) is 19.3 Å². The summed E-state index contributed by atoms with van der Waals surface area (Å²) in [5.74, 6) is -0.0699. The molecule has 2 aromatic heterocycles. The van der Waals surface area contributed by atoms with E-state index in [9.17, 15) is 9.36 Å². The number of nitrogens with two attached hydrogens (primary N) is 1. The van der Waals surface area contributed by atoms with E-state index in [1.807, 2.05) is 0 Å². The van der Waals surface area contributed by atoms with Crippen LogP contribution in [0.1, 0.15) is 6.42 Å². The van der Waals surface area contributed by atoms with Crippen LogP contribution in [0.3, 0.4) is 0 Å².